The molecule has 0 aromatic carbocycles. The first-order chi connectivity index (χ1) is 9.08. The van der Waals surface area contributed by atoms with E-state index in [1.165, 1.54) is 0 Å². The van der Waals surface area contributed by atoms with E-state index in [0.29, 0.717) is 0 Å². The minimum Gasteiger partial charge on any atom is -0.852 e. The predicted octanol–water partition coefficient (Wildman–Crippen LogP) is 0.832. The molecule has 0 saturated carbocycles. The normalized spacial score (nSPS) is 14.3. The topological polar surface area (TPSA) is 89.4 Å². The van der Waals surface area contributed by atoms with Crippen molar-refractivity contribution in [3.8, 4) is 0 Å². The summed E-state index contributed by atoms with van der Waals surface area (Å²) in [5, 5.41) is 38.0. The molecule has 4 atom stereocenters. The summed E-state index contributed by atoms with van der Waals surface area (Å²) in [6.45, 7) is 14.4. The van der Waals surface area contributed by atoms with Crippen molar-refractivity contribution in [1.82, 2.24) is 0 Å². The Morgan fingerprint density at radius 1 is 0.619 bits per heavy atom. The van der Waals surface area contributed by atoms with E-state index in [1.807, 2.05) is 27.7 Å². The van der Waals surface area contributed by atoms with E-state index in [-0.39, 0.29) is 50.3 Å². The van der Waals surface area contributed by atoms with E-state index in [0.717, 1.165) is 25.7 Å². The Labute approximate surface area is 151 Å². The van der Waals surface area contributed by atoms with Crippen LogP contribution in [0.1, 0.15) is 81.1 Å². The van der Waals surface area contributed by atoms with Crippen molar-refractivity contribution in [2.75, 3.05) is 0 Å². The number of hydrogen-bond acceptors (Lipinski definition) is 4. The van der Waals surface area contributed by atoms with Gasteiger partial charge < -0.3 is 20.4 Å². The van der Waals surface area contributed by atoms with Crippen LogP contribution in [0, 0.1) is 0 Å². The zero-order valence-electron chi connectivity index (χ0n) is 15.4. The molecular formula is C16H37InO4. The average molecular weight is 408 g/mol. The van der Waals surface area contributed by atoms with Crippen LogP contribution in [0.3, 0.4) is 0 Å². The first kappa shape index (κ1) is 33.3. The van der Waals surface area contributed by atoms with Crippen LogP contribution < -0.4 is 15.3 Å². The van der Waals surface area contributed by atoms with Crippen LogP contribution in [0.2, 0.25) is 0 Å². The third kappa shape index (κ3) is 95.6. The number of hydrogen-bond donors (Lipinski definition) is 1. The largest absolute Gasteiger partial charge is 3.00 e. The van der Waals surface area contributed by atoms with Gasteiger partial charge in [0.25, 0.3) is 0 Å². The first-order valence-electron chi connectivity index (χ1n) is 7.74. The van der Waals surface area contributed by atoms with Gasteiger partial charge in [0.2, 0.25) is 0 Å². The molecule has 0 fully saturated rings. The molecule has 0 amide bonds. The molecule has 0 radical (unpaired) electrons. The SMILES string of the molecule is CCC(C)O.CCC(C)[O-].CCC(C)[O-].CCC(C)[O-].[In+3]. The van der Waals surface area contributed by atoms with Gasteiger partial charge in [-0.05, 0) is 13.3 Å². The first-order valence-corrected chi connectivity index (χ1v) is 7.74. The van der Waals surface area contributed by atoms with Crippen LogP contribution in [0.5, 0.6) is 0 Å². The van der Waals surface area contributed by atoms with Gasteiger partial charge in [0.1, 0.15) is 0 Å². The summed E-state index contributed by atoms with van der Waals surface area (Å²) in [6, 6.07) is 0. The van der Waals surface area contributed by atoms with Gasteiger partial charge in [0.05, 0.1) is 6.10 Å². The van der Waals surface area contributed by atoms with Crippen LogP contribution >= 0.6 is 0 Å². The molecule has 0 saturated heterocycles. The quantitative estimate of drug-likeness (QED) is 0.747. The molecule has 0 bridgehead atoms. The van der Waals surface area contributed by atoms with Crippen molar-refractivity contribution < 1.29 is 20.4 Å². The summed E-state index contributed by atoms with van der Waals surface area (Å²) in [6.07, 6.45) is 1.90. The molecule has 0 spiro atoms. The van der Waals surface area contributed by atoms with E-state index in [9.17, 15) is 15.3 Å². The summed E-state index contributed by atoms with van der Waals surface area (Å²) in [5.41, 5.74) is 0. The maximum Gasteiger partial charge on any atom is 3.00 e. The predicted molar refractivity (Wildman–Crippen MR) is 87.0 cm³/mol. The number of aliphatic hydroxyl groups is 1. The van der Waals surface area contributed by atoms with Crippen molar-refractivity contribution in [2.24, 2.45) is 0 Å². The van der Waals surface area contributed by atoms with Gasteiger partial charge in [0, 0.05) is 0 Å². The second-order valence-electron chi connectivity index (χ2n) is 4.91. The van der Waals surface area contributed by atoms with E-state index >= 15 is 0 Å². The zero-order chi connectivity index (χ0) is 17.1. The van der Waals surface area contributed by atoms with Gasteiger partial charge in [-0.2, -0.15) is 0 Å². The van der Waals surface area contributed by atoms with Crippen molar-refractivity contribution >= 4 is 25.8 Å². The molecule has 0 aromatic rings. The second kappa shape index (κ2) is 28.8. The molecule has 4 nitrogen and oxygen atoms in total. The van der Waals surface area contributed by atoms with Crippen LogP contribution in [-0.2, 0) is 0 Å². The summed E-state index contributed by atoms with van der Waals surface area (Å²) in [4.78, 5) is 0. The molecule has 4 unspecified atom stereocenters. The maximum absolute atomic E-state index is 9.90. The average Bonchev–Trinajstić information content (AvgIpc) is 2.40. The third-order valence-electron chi connectivity index (χ3n) is 2.32. The molecule has 0 aromatic heterocycles. The maximum atomic E-state index is 9.90. The van der Waals surface area contributed by atoms with E-state index in [2.05, 4.69) is 0 Å². The molecule has 0 aliphatic carbocycles. The molecular weight excluding hydrogens is 371 g/mol. The Balaban J connectivity index is -0.0000000533. The fourth-order valence-electron chi connectivity index (χ4n) is 0. The van der Waals surface area contributed by atoms with E-state index in [1.54, 1.807) is 27.7 Å². The molecule has 0 rings (SSSR count). The van der Waals surface area contributed by atoms with Crippen molar-refractivity contribution in [2.45, 2.75) is 105 Å². The Kier molecular flexibility index (Phi) is 45.8. The summed E-state index contributed by atoms with van der Waals surface area (Å²) in [7, 11) is 0. The Morgan fingerprint density at radius 2 is 0.714 bits per heavy atom. The fraction of sp³-hybridized carbons (Fsp3) is 1.00. The van der Waals surface area contributed by atoms with Gasteiger partial charge in [0.15, 0.2) is 0 Å². The number of rotatable bonds is 4. The van der Waals surface area contributed by atoms with Crippen LogP contribution in [0.4, 0.5) is 0 Å². The molecule has 5 heteroatoms. The van der Waals surface area contributed by atoms with E-state index in [4.69, 9.17) is 5.11 Å². The molecule has 0 heterocycles. The smallest absolute Gasteiger partial charge is 0.852 e. The molecule has 0 aliphatic heterocycles. The van der Waals surface area contributed by atoms with Gasteiger partial charge in [-0.1, -0.05) is 67.7 Å². The Bertz CT molecular complexity index is 108. The van der Waals surface area contributed by atoms with Gasteiger partial charge >= 0.3 is 25.8 Å². The molecule has 21 heavy (non-hydrogen) atoms. The van der Waals surface area contributed by atoms with Crippen LogP contribution in [-0.4, -0.2) is 55.4 Å². The van der Waals surface area contributed by atoms with Crippen LogP contribution in [0.15, 0.2) is 0 Å². The van der Waals surface area contributed by atoms with Crippen molar-refractivity contribution in [1.29, 1.82) is 0 Å². The fourth-order valence-corrected chi connectivity index (χ4v) is 0. The van der Waals surface area contributed by atoms with Gasteiger partial charge in [-0.3, -0.25) is 0 Å². The van der Waals surface area contributed by atoms with E-state index < -0.39 is 0 Å². The minimum atomic E-state index is -0.366. The monoisotopic (exact) mass is 408 g/mol. The summed E-state index contributed by atoms with van der Waals surface area (Å²) in [5.74, 6) is 0. The number of aliphatic hydroxyl groups excluding tert-OH is 1. The third-order valence-corrected chi connectivity index (χ3v) is 2.32. The Hall–Kier alpha value is 0.710. The standard InChI is InChI=1S/C4H10O.3C4H9O.In/c4*1-3-4(2)5;/h4-5H,3H2,1-2H3;3*4H,3H2,1-2H3;/q;3*-1;+3. The molecule has 128 valence electrons. The van der Waals surface area contributed by atoms with Gasteiger partial charge in [-0.25, -0.2) is 0 Å². The van der Waals surface area contributed by atoms with Gasteiger partial charge in [-0.15, -0.1) is 18.3 Å². The summed E-state index contributed by atoms with van der Waals surface area (Å²) >= 11 is 0. The second-order valence-corrected chi connectivity index (χ2v) is 4.91. The molecule has 0 aliphatic rings. The van der Waals surface area contributed by atoms with Crippen molar-refractivity contribution in [3.63, 3.8) is 0 Å². The van der Waals surface area contributed by atoms with Crippen molar-refractivity contribution in [3.05, 3.63) is 0 Å². The minimum absolute atomic E-state index is 0. The Morgan fingerprint density at radius 3 is 0.714 bits per heavy atom. The van der Waals surface area contributed by atoms with Crippen LogP contribution in [0.25, 0.3) is 0 Å². The summed E-state index contributed by atoms with van der Waals surface area (Å²) < 4.78 is 0. The molecule has 1 N–H and O–H groups in total. The zero-order valence-corrected chi connectivity index (χ0v) is 18.7.